The normalized spacial score (nSPS) is 14.3. The number of aromatic hydroxyl groups is 1. The number of nitrogens with zero attached hydrogens (tertiary/aromatic N) is 2. The van der Waals surface area contributed by atoms with Crippen molar-refractivity contribution in [2.45, 2.75) is 19.8 Å². The summed E-state index contributed by atoms with van der Waals surface area (Å²) in [4.78, 5) is 7.23. The first kappa shape index (κ1) is 18.5. The number of aromatic nitrogens is 1. The van der Waals surface area contributed by atoms with E-state index in [0.717, 1.165) is 47.0 Å². The van der Waals surface area contributed by atoms with E-state index < -0.39 is 0 Å². The lowest BCUT2D eigenvalue weighted by Gasteiger charge is -2.15. The quantitative estimate of drug-likeness (QED) is 0.666. The van der Waals surface area contributed by atoms with Crippen molar-refractivity contribution in [2.24, 2.45) is 0 Å². The van der Waals surface area contributed by atoms with Gasteiger partial charge in [-0.2, -0.15) is 0 Å². The summed E-state index contributed by atoms with van der Waals surface area (Å²) in [5.41, 5.74) is 5.05. The molecule has 1 aliphatic heterocycles. The second-order valence-electron chi connectivity index (χ2n) is 7.32. The van der Waals surface area contributed by atoms with Crippen molar-refractivity contribution >= 4 is 0 Å². The van der Waals surface area contributed by atoms with Crippen LogP contribution < -0.4 is 4.74 Å². The van der Waals surface area contributed by atoms with E-state index in [1.165, 1.54) is 25.9 Å². The molecule has 0 radical (unpaired) electrons. The first-order valence-electron chi connectivity index (χ1n) is 9.92. The minimum atomic E-state index is 0.265. The molecule has 0 amide bonds. The van der Waals surface area contributed by atoms with E-state index in [2.05, 4.69) is 23.1 Å². The fourth-order valence-electron chi connectivity index (χ4n) is 3.66. The first-order chi connectivity index (χ1) is 13.7. The Kier molecular flexibility index (Phi) is 5.58. The zero-order valence-electron chi connectivity index (χ0n) is 16.3. The largest absolute Gasteiger partial charge is 0.508 e. The lowest BCUT2D eigenvalue weighted by atomic mass is 9.99. The molecule has 2 aromatic carbocycles. The van der Waals surface area contributed by atoms with Crippen LogP contribution in [0.2, 0.25) is 0 Å². The van der Waals surface area contributed by atoms with Gasteiger partial charge in [0.25, 0.3) is 0 Å². The van der Waals surface area contributed by atoms with Crippen LogP contribution in [0.25, 0.3) is 22.4 Å². The van der Waals surface area contributed by atoms with Gasteiger partial charge in [-0.15, -0.1) is 0 Å². The maximum absolute atomic E-state index is 9.57. The van der Waals surface area contributed by atoms with Crippen molar-refractivity contribution in [3.05, 3.63) is 66.4 Å². The third kappa shape index (κ3) is 4.34. The summed E-state index contributed by atoms with van der Waals surface area (Å²) in [7, 11) is 0. The van der Waals surface area contributed by atoms with Gasteiger partial charge in [0, 0.05) is 23.4 Å². The molecule has 0 spiro atoms. The molecule has 2 heterocycles. The number of likely N-dealkylation sites (tertiary alicyclic amines) is 1. The van der Waals surface area contributed by atoms with Gasteiger partial charge in [0.2, 0.25) is 0 Å². The lowest BCUT2D eigenvalue weighted by Crippen LogP contribution is -2.25. The Morgan fingerprint density at radius 1 is 0.893 bits per heavy atom. The number of benzene rings is 2. The highest BCUT2D eigenvalue weighted by Gasteiger charge is 2.12. The van der Waals surface area contributed by atoms with Crippen LogP contribution in [-0.4, -0.2) is 41.2 Å². The molecule has 0 aliphatic carbocycles. The molecule has 1 aliphatic rings. The standard InChI is InChI=1S/C24H26N2O2/c1-18-4-13-23(19-5-9-21(27)10-6-19)24(25-18)20-7-11-22(12-8-20)28-17-16-26-14-2-3-15-26/h4-13,27H,2-3,14-17H2,1H3. The second-order valence-corrected chi connectivity index (χ2v) is 7.32. The maximum atomic E-state index is 9.57. The SMILES string of the molecule is Cc1ccc(-c2ccc(O)cc2)c(-c2ccc(OCCN3CCCC3)cc2)n1. The highest BCUT2D eigenvalue weighted by Crippen LogP contribution is 2.32. The summed E-state index contributed by atoms with van der Waals surface area (Å²) in [6.45, 7) is 6.11. The average molecular weight is 374 g/mol. The fraction of sp³-hybridized carbons (Fsp3) is 0.292. The van der Waals surface area contributed by atoms with Crippen LogP contribution in [0.4, 0.5) is 0 Å². The molecule has 3 aromatic rings. The molecule has 0 bridgehead atoms. The van der Waals surface area contributed by atoms with E-state index in [1.807, 2.05) is 37.3 Å². The molecule has 4 rings (SSSR count). The van der Waals surface area contributed by atoms with Crippen molar-refractivity contribution < 1.29 is 9.84 Å². The number of ether oxygens (including phenoxy) is 1. The molecule has 4 nitrogen and oxygen atoms in total. The van der Waals surface area contributed by atoms with Gasteiger partial charge < -0.3 is 9.84 Å². The van der Waals surface area contributed by atoms with E-state index in [1.54, 1.807) is 12.1 Å². The van der Waals surface area contributed by atoms with Crippen LogP contribution in [0.5, 0.6) is 11.5 Å². The highest BCUT2D eigenvalue weighted by molar-refractivity contribution is 5.81. The fourth-order valence-corrected chi connectivity index (χ4v) is 3.66. The summed E-state index contributed by atoms with van der Waals surface area (Å²) in [6.07, 6.45) is 2.61. The predicted octanol–water partition coefficient (Wildman–Crippen LogP) is 4.90. The van der Waals surface area contributed by atoms with Crippen LogP contribution in [-0.2, 0) is 0 Å². The molecule has 1 fully saturated rings. The van der Waals surface area contributed by atoms with Gasteiger partial charge in [0.1, 0.15) is 18.1 Å². The smallest absolute Gasteiger partial charge is 0.119 e. The molecule has 144 valence electrons. The zero-order valence-corrected chi connectivity index (χ0v) is 16.3. The van der Waals surface area contributed by atoms with Gasteiger partial charge in [-0.1, -0.05) is 18.2 Å². The Balaban J connectivity index is 1.52. The van der Waals surface area contributed by atoms with Gasteiger partial charge in [0.15, 0.2) is 0 Å². The number of hydrogen-bond acceptors (Lipinski definition) is 4. The Morgan fingerprint density at radius 2 is 1.57 bits per heavy atom. The number of pyridine rings is 1. The minimum Gasteiger partial charge on any atom is -0.508 e. The van der Waals surface area contributed by atoms with Gasteiger partial charge in [0.05, 0.1) is 5.69 Å². The molecule has 1 aromatic heterocycles. The van der Waals surface area contributed by atoms with Crippen LogP contribution in [0.1, 0.15) is 18.5 Å². The predicted molar refractivity (Wildman–Crippen MR) is 113 cm³/mol. The van der Waals surface area contributed by atoms with Gasteiger partial charge in [-0.3, -0.25) is 9.88 Å². The summed E-state index contributed by atoms with van der Waals surface area (Å²) in [5, 5.41) is 9.57. The number of aryl methyl sites for hydroxylation is 1. The van der Waals surface area contributed by atoms with Gasteiger partial charge in [-0.05, 0) is 80.9 Å². The van der Waals surface area contributed by atoms with E-state index in [9.17, 15) is 5.11 Å². The Labute approximate surface area is 166 Å². The lowest BCUT2D eigenvalue weighted by molar-refractivity contribution is 0.238. The first-order valence-corrected chi connectivity index (χ1v) is 9.92. The van der Waals surface area contributed by atoms with Crippen molar-refractivity contribution in [1.29, 1.82) is 0 Å². The van der Waals surface area contributed by atoms with E-state index in [0.29, 0.717) is 0 Å². The summed E-state index contributed by atoms with van der Waals surface area (Å²) >= 11 is 0. The molecule has 28 heavy (non-hydrogen) atoms. The second kappa shape index (κ2) is 8.44. The van der Waals surface area contributed by atoms with Crippen LogP contribution in [0.3, 0.4) is 0 Å². The van der Waals surface area contributed by atoms with Crippen molar-refractivity contribution in [3.8, 4) is 33.9 Å². The number of hydrogen-bond donors (Lipinski definition) is 1. The molecular weight excluding hydrogens is 348 g/mol. The van der Waals surface area contributed by atoms with Crippen LogP contribution in [0.15, 0.2) is 60.7 Å². The number of phenolic OH excluding ortho intramolecular Hbond substituents is 1. The topological polar surface area (TPSA) is 45.6 Å². The number of rotatable bonds is 6. The average Bonchev–Trinajstić information content (AvgIpc) is 3.23. The zero-order chi connectivity index (χ0) is 19.3. The third-order valence-electron chi connectivity index (χ3n) is 5.22. The third-order valence-corrected chi connectivity index (χ3v) is 5.22. The summed E-state index contributed by atoms with van der Waals surface area (Å²) < 4.78 is 5.92. The van der Waals surface area contributed by atoms with Gasteiger partial charge in [-0.25, -0.2) is 0 Å². The Bertz CT molecular complexity index is 914. The number of phenols is 1. The van der Waals surface area contributed by atoms with E-state index >= 15 is 0 Å². The van der Waals surface area contributed by atoms with Crippen molar-refractivity contribution in [3.63, 3.8) is 0 Å². The van der Waals surface area contributed by atoms with Crippen LogP contribution in [0, 0.1) is 6.92 Å². The molecule has 0 saturated carbocycles. The molecule has 1 saturated heterocycles. The highest BCUT2D eigenvalue weighted by atomic mass is 16.5. The molecule has 0 atom stereocenters. The molecular formula is C24H26N2O2. The van der Waals surface area contributed by atoms with E-state index in [4.69, 9.17) is 9.72 Å². The van der Waals surface area contributed by atoms with Crippen molar-refractivity contribution in [2.75, 3.05) is 26.2 Å². The Morgan fingerprint density at radius 3 is 2.29 bits per heavy atom. The molecule has 0 unspecified atom stereocenters. The van der Waals surface area contributed by atoms with Gasteiger partial charge >= 0.3 is 0 Å². The van der Waals surface area contributed by atoms with Crippen LogP contribution >= 0.6 is 0 Å². The maximum Gasteiger partial charge on any atom is 0.119 e. The summed E-state index contributed by atoms with van der Waals surface area (Å²) in [6, 6.07) is 19.5. The Hall–Kier alpha value is -2.85. The molecule has 1 N–H and O–H groups in total. The minimum absolute atomic E-state index is 0.265. The monoisotopic (exact) mass is 374 g/mol. The van der Waals surface area contributed by atoms with E-state index in [-0.39, 0.29) is 5.75 Å². The molecule has 4 heteroatoms. The van der Waals surface area contributed by atoms with Crippen molar-refractivity contribution in [1.82, 2.24) is 9.88 Å². The summed E-state index contributed by atoms with van der Waals surface area (Å²) in [5.74, 6) is 1.16.